The van der Waals surface area contributed by atoms with Crippen molar-refractivity contribution >= 4 is 33.8 Å². The fourth-order valence-electron chi connectivity index (χ4n) is 2.53. The van der Waals surface area contributed by atoms with Crippen LogP contribution in [-0.2, 0) is 0 Å². The molecule has 0 unspecified atom stereocenters. The number of benzene rings is 2. The molecule has 0 atom stereocenters. The molecular formula is C18H14ClN3OS. The number of ether oxygens (including phenoxy) is 1. The Balaban J connectivity index is 1.54. The van der Waals surface area contributed by atoms with E-state index >= 15 is 0 Å². The molecule has 2 heterocycles. The minimum Gasteiger partial charge on any atom is -0.492 e. The predicted molar refractivity (Wildman–Crippen MR) is 99.3 cm³/mol. The molecule has 1 aliphatic rings. The number of hydrogen-bond donors (Lipinski definition) is 1. The average Bonchev–Trinajstić information content (AvgIpc) is 3.09. The second kappa shape index (κ2) is 6.63. The van der Waals surface area contributed by atoms with Crippen molar-refractivity contribution in [3.05, 3.63) is 64.5 Å². The highest BCUT2D eigenvalue weighted by Crippen LogP contribution is 2.27. The Labute approximate surface area is 148 Å². The normalized spacial score (nSPS) is 15.0. The van der Waals surface area contributed by atoms with E-state index in [1.165, 1.54) is 11.3 Å². The Kier molecular flexibility index (Phi) is 4.19. The molecule has 0 radical (unpaired) electrons. The lowest BCUT2D eigenvalue weighted by Crippen LogP contribution is -2.17. The zero-order valence-electron chi connectivity index (χ0n) is 12.7. The Morgan fingerprint density at radius 3 is 2.83 bits per heavy atom. The molecule has 0 saturated heterocycles. The van der Waals surface area contributed by atoms with Crippen molar-refractivity contribution < 1.29 is 4.74 Å². The van der Waals surface area contributed by atoms with Gasteiger partial charge in [0.15, 0.2) is 0 Å². The molecule has 0 amide bonds. The largest absolute Gasteiger partial charge is 0.492 e. The first-order chi connectivity index (χ1) is 11.8. The van der Waals surface area contributed by atoms with Crippen LogP contribution in [0.3, 0.4) is 0 Å². The van der Waals surface area contributed by atoms with Crippen molar-refractivity contribution in [1.82, 2.24) is 4.98 Å². The van der Waals surface area contributed by atoms with Gasteiger partial charge in [0.05, 0.1) is 18.0 Å². The molecule has 2 aromatic carbocycles. The van der Waals surface area contributed by atoms with E-state index in [4.69, 9.17) is 16.3 Å². The molecule has 0 saturated carbocycles. The van der Waals surface area contributed by atoms with Crippen LogP contribution in [0.15, 0.2) is 59.0 Å². The molecule has 1 aliphatic heterocycles. The Morgan fingerprint density at radius 2 is 1.96 bits per heavy atom. The first kappa shape index (κ1) is 15.2. The summed E-state index contributed by atoms with van der Waals surface area (Å²) in [7, 11) is 0. The number of nitrogens with zero attached hydrogens (tertiary/aromatic N) is 2. The van der Waals surface area contributed by atoms with Crippen molar-refractivity contribution in [2.45, 2.75) is 6.42 Å². The first-order valence-electron chi connectivity index (χ1n) is 7.56. The molecule has 0 bridgehead atoms. The maximum Gasteiger partial charge on any atom is 0.203 e. The average molecular weight is 356 g/mol. The summed E-state index contributed by atoms with van der Waals surface area (Å²) in [6.45, 7) is 0.644. The standard InChI is InChI=1S/C18H14ClN3OS/c19-13-7-5-12(6-8-13)16-11-24-18(20-16)22-21-15-9-10-23-17-4-2-1-3-14(15)17/h1-8,11H,9-10H2,(H,20,22)/b21-15+. The third-order valence-electron chi connectivity index (χ3n) is 3.73. The van der Waals surface area contributed by atoms with Gasteiger partial charge < -0.3 is 4.74 Å². The van der Waals surface area contributed by atoms with Crippen molar-refractivity contribution in [1.29, 1.82) is 0 Å². The van der Waals surface area contributed by atoms with Crippen LogP contribution in [0.1, 0.15) is 12.0 Å². The van der Waals surface area contributed by atoms with E-state index in [9.17, 15) is 0 Å². The van der Waals surface area contributed by atoms with Crippen LogP contribution < -0.4 is 10.2 Å². The maximum absolute atomic E-state index is 5.92. The fraction of sp³-hybridized carbons (Fsp3) is 0.111. The van der Waals surface area contributed by atoms with Crippen LogP contribution in [0.2, 0.25) is 5.02 Å². The number of rotatable bonds is 3. The number of hydrazone groups is 1. The lowest BCUT2D eigenvalue weighted by Gasteiger charge is -2.18. The number of fused-ring (bicyclic) bond motifs is 1. The molecule has 1 aromatic heterocycles. The third kappa shape index (κ3) is 3.13. The highest BCUT2D eigenvalue weighted by molar-refractivity contribution is 7.14. The van der Waals surface area contributed by atoms with Gasteiger partial charge in [-0.15, -0.1) is 11.3 Å². The summed E-state index contributed by atoms with van der Waals surface area (Å²) in [6, 6.07) is 15.6. The second-order valence-corrected chi connectivity index (χ2v) is 6.60. The van der Waals surface area contributed by atoms with E-state index in [1.54, 1.807) is 0 Å². The van der Waals surface area contributed by atoms with Gasteiger partial charge in [-0.1, -0.05) is 35.9 Å². The molecule has 4 nitrogen and oxygen atoms in total. The molecule has 0 spiro atoms. The topological polar surface area (TPSA) is 46.5 Å². The van der Waals surface area contributed by atoms with Gasteiger partial charge in [-0.2, -0.15) is 5.10 Å². The Morgan fingerprint density at radius 1 is 1.12 bits per heavy atom. The van der Waals surface area contributed by atoms with Crippen LogP contribution in [0, 0.1) is 0 Å². The van der Waals surface area contributed by atoms with Gasteiger partial charge in [0.1, 0.15) is 5.75 Å². The number of aromatic nitrogens is 1. The molecular weight excluding hydrogens is 342 g/mol. The third-order valence-corrected chi connectivity index (χ3v) is 4.72. The summed E-state index contributed by atoms with van der Waals surface area (Å²) in [5.41, 5.74) is 7.03. The van der Waals surface area contributed by atoms with E-state index in [0.717, 1.165) is 44.9 Å². The van der Waals surface area contributed by atoms with E-state index in [0.29, 0.717) is 6.61 Å². The second-order valence-electron chi connectivity index (χ2n) is 5.31. The van der Waals surface area contributed by atoms with Crippen LogP contribution in [0.4, 0.5) is 5.13 Å². The Bertz CT molecular complexity index is 889. The van der Waals surface area contributed by atoms with Crippen LogP contribution in [0.5, 0.6) is 5.75 Å². The Hall–Kier alpha value is -2.37. The van der Waals surface area contributed by atoms with Gasteiger partial charge >= 0.3 is 0 Å². The van der Waals surface area contributed by atoms with E-state index in [-0.39, 0.29) is 0 Å². The van der Waals surface area contributed by atoms with Gasteiger partial charge in [0.25, 0.3) is 0 Å². The van der Waals surface area contributed by atoms with E-state index in [2.05, 4.69) is 15.5 Å². The molecule has 24 heavy (non-hydrogen) atoms. The number of halogens is 1. The number of nitrogens with one attached hydrogen (secondary N) is 1. The summed E-state index contributed by atoms with van der Waals surface area (Å²) < 4.78 is 5.64. The summed E-state index contributed by atoms with van der Waals surface area (Å²) >= 11 is 7.45. The van der Waals surface area contributed by atoms with Gasteiger partial charge in [0.2, 0.25) is 5.13 Å². The molecule has 0 fully saturated rings. The molecule has 0 aliphatic carbocycles. The number of thiazole rings is 1. The zero-order chi connectivity index (χ0) is 16.4. The van der Waals surface area contributed by atoms with Crippen LogP contribution >= 0.6 is 22.9 Å². The van der Waals surface area contributed by atoms with Crippen LogP contribution in [-0.4, -0.2) is 17.3 Å². The quantitative estimate of drug-likeness (QED) is 0.668. The highest BCUT2D eigenvalue weighted by atomic mass is 35.5. The molecule has 6 heteroatoms. The van der Waals surface area contributed by atoms with Gasteiger partial charge in [-0.05, 0) is 24.3 Å². The zero-order valence-corrected chi connectivity index (χ0v) is 14.3. The minimum absolute atomic E-state index is 0.644. The van der Waals surface area contributed by atoms with Gasteiger partial charge in [-0.3, -0.25) is 5.43 Å². The summed E-state index contributed by atoms with van der Waals surface area (Å²) in [5.74, 6) is 0.880. The lowest BCUT2D eigenvalue weighted by molar-refractivity contribution is 0.320. The lowest BCUT2D eigenvalue weighted by atomic mass is 10.0. The van der Waals surface area contributed by atoms with Crippen molar-refractivity contribution in [3.63, 3.8) is 0 Å². The predicted octanol–water partition coefficient (Wildman–Crippen LogP) is 5.06. The molecule has 1 N–H and O–H groups in total. The maximum atomic E-state index is 5.92. The van der Waals surface area contributed by atoms with Crippen molar-refractivity contribution in [2.75, 3.05) is 12.0 Å². The highest BCUT2D eigenvalue weighted by Gasteiger charge is 2.16. The number of para-hydroxylation sites is 1. The van der Waals surface area contributed by atoms with Crippen molar-refractivity contribution in [2.24, 2.45) is 5.10 Å². The SMILES string of the molecule is Clc1ccc(-c2csc(N/N=C3\CCOc4ccccc43)n2)cc1. The molecule has 4 rings (SSSR count). The van der Waals surface area contributed by atoms with Gasteiger partial charge in [-0.25, -0.2) is 4.98 Å². The van der Waals surface area contributed by atoms with Crippen LogP contribution in [0.25, 0.3) is 11.3 Å². The number of anilines is 1. The fourth-order valence-corrected chi connectivity index (χ4v) is 3.32. The molecule has 3 aromatic rings. The molecule has 120 valence electrons. The smallest absolute Gasteiger partial charge is 0.203 e. The van der Waals surface area contributed by atoms with E-state index in [1.807, 2.05) is 53.9 Å². The summed E-state index contributed by atoms with van der Waals surface area (Å²) in [6.07, 6.45) is 0.777. The minimum atomic E-state index is 0.644. The summed E-state index contributed by atoms with van der Waals surface area (Å²) in [5, 5.41) is 8.01. The van der Waals surface area contributed by atoms with Gasteiger partial charge in [0, 0.05) is 28.0 Å². The first-order valence-corrected chi connectivity index (χ1v) is 8.81. The summed E-state index contributed by atoms with van der Waals surface area (Å²) in [4.78, 5) is 4.58. The monoisotopic (exact) mass is 355 g/mol. The van der Waals surface area contributed by atoms with Crippen molar-refractivity contribution in [3.8, 4) is 17.0 Å². The number of hydrogen-bond acceptors (Lipinski definition) is 5. The van der Waals surface area contributed by atoms with E-state index < -0.39 is 0 Å².